The second kappa shape index (κ2) is 5.69. The van der Waals surface area contributed by atoms with Gasteiger partial charge in [0.15, 0.2) is 0 Å². The summed E-state index contributed by atoms with van der Waals surface area (Å²) in [5, 5.41) is 0. The maximum atomic E-state index is 3.86. The molecular weight excluding hydrogens is 248 g/mol. The van der Waals surface area contributed by atoms with Crippen LogP contribution >= 0.6 is 15.9 Å². The standard InChI is InChI=1S/C14H21Br/c1-5-12(6-2)14(15)13-9-10(3)7-8-11(13)4/h7-9,12,14H,5-6H2,1-4H3. The molecule has 15 heavy (non-hydrogen) atoms. The fourth-order valence-corrected chi connectivity index (χ4v) is 3.25. The van der Waals surface area contributed by atoms with Gasteiger partial charge in [-0.25, -0.2) is 0 Å². The Bertz CT molecular complexity index is 313. The van der Waals surface area contributed by atoms with Crippen molar-refractivity contribution in [3.63, 3.8) is 0 Å². The molecule has 0 fully saturated rings. The smallest absolute Gasteiger partial charge is 0.0426 e. The Morgan fingerprint density at radius 1 is 1.13 bits per heavy atom. The molecule has 1 heteroatoms. The Morgan fingerprint density at radius 3 is 2.27 bits per heavy atom. The molecule has 0 spiro atoms. The van der Waals surface area contributed by atoms with Crippen LogP contribution in [-0.4, -0.2) is 0 Å². The van der Waals surface area contributed by atoms with Gasteiger partial charge in [0, 0.05) is 4.83 Å². The summed E-state index contributed by atoms with van der Waals surface area (Å²) in [6, 6.07) is 6.72. The van der Waals surface area contributed by atoms with E-state index in [9.17, 15) is 0 Å². The highest BCUT2D eigenvalue weighted by atomic mass is 79.9. The lowest BCUT2D eigenvalue weighted by atomic mass is 9.91. The first-order valence-corrected chi connectivity index (χ1v) is 6.72. The van der Waals surface area contributed by atoms with Crippen molar-refractivity contribution in [2.75, 3.05) is 0 Å². The van der Waals surface area contributed by atoms with Crippen molar-refractivity contribution in [2.45, 2.75) is 45.4 Å². The van der Waals surface area contributed by atoms with Crippen molar-refractivity contribution < 1.29 is 0 Å². The van der Waals surface area contributed by atoms with Crippen LogP contribution < -0.4 is 0 Å². The van der Waals surface area contributed by atoms with Gasteiger partial charge in [-0.05, 0) is 30.9 Å². The predicted octanol–water partition coefficient (Wildman–Crippen LogP) is 5.18. The highest BCUT2D eigenvalue weighted by molar-refractivity contribution is 9.09. The fourth-order valence-electron chi connectivity index (χ4n) is 2.01. The van der Waals surface area contributed by atoms with E-state index in [1.165, 1.54) is 29.5 Å². The maximum absolute atomic E-state index is 3.86. The van der Waals surface area contributed by atoms with E-state index >= 15 is 0 Å². The van der Waals surface area contributed by atoms with Crippen LogP contribution in [0.3, 0.4) is 0 Å². The summed E-state index contributed by atoms with van der Waals surface area (Å²) < 4.78 is 0. The summed E-state index contributed by atoms with van der Waals surface area (Å²) in [5.74, 6) is 0.741. The van der Waals surface area contributed by atoms with Gasteiger partial charge in [-0.15, -0.1) is 0 Å². The topological polar surface area (TPSA) is 0 Å². The highest BCUT2D eigenvalue weighted by Crippen LogP contribution is 2.36. The zero-order chi connectivity index (χ0) is 11.4. The third-order valence-electron chi connectivity index (χ3n) is 3.19. The molecule has 0 aliphatic carbocycles. The average molecular weight is 269 g/mol. The molecule has 0 saturated heterocycles. The largest absolute Gasteiger partial charge is 0.0836 e. The van der Waals surface area contributed by atoms with Gasteiger partial charge in [0.25, 0.3) is 0 Å². The number of hydrogen-bond acceptors (Lipinski definition) is 0. The van der Waals surface area contributed by atoms with E-state index in [1.54, 1.807) is 0 Å². The Labute approximate surface area is 102 Å². The summed E-state index contributed by atoms with van der Waals surface area (Å²) in [6.45, 7) is 8.90. The molecule has 0 nitrogen and oxygen atoms in total. The average Bonchev–Trinajstić information content (AvgIpc) is 2.23. The summed E-state index contributed by atoms with van der Waals surface area (Å²) >= 11 is 3.86. The van der Waals surface area contributed by atoms with E-state index < -0.39 is 0 Å². The molecule has 0 bridgehead atoms. The van der Waals surface area contributed by atoms with Crippen molar-refractivity contribution in [1.29, 1.82) is 0 Å². The lowest BCUT2D eigenvalue weighted by molar-refractivity contribution is 0.485. The van der Waals surface area contributed by atoms with Gasteiger partial charge in [0.2, 0.25) is 0 Å². The van der Waals surface area contributed by atoms with Gasteiger partial charge >= 0.3 is 0 Å². The first-order valence-electron chi connectivity index (χ1n) is 5.81. The molecule has 0 aliphatic rings. The quantitative estimate of drug-likeness (QED) is 0.661. The molecule has 0 N–H and O–H groups in total. The minimum absolute atomic E-state index is 0.507. The molecule has 1 atom stereocenters. The normalized spacial score (nSPS) is 13.2. The second-order valence-electron chi connectivity index (χ2n) is 4.34. The van der Waals surface area contributed by atoms with Crippen LogP contribution in [0.15, 0.2) is 18.2 Å². The molecule has 0 saturated carbocycles. The molecule has 1 unspecified atom stereocenters. The van der Waals surface area contributed by atoms with Crippen molar-refractivity contribution in [3.05, 3.63) is 34.9 Å². The van der Waals surface area contributed by atoms with Gasteiger partial charge in [-0.3, -0.25) is 0 Å². The lowest BCUT2D eigenvalue weighted by Crippen LogP contribution is -2.07. The van der Waals surface area contributed by atoms with E-state index in [4.69, 9.17) is 0 Å². The molecule has 1 aromatic carbocycles. The summed E-state index contributed by atoms with van der Waals surface area (Å²) in [7, 11) is 0. The van der Waals surface area contributed by atoms with E-state index in [0.717, 1.165) is 5.92 Å². The van der Waals surface area contributed by atoms with Crippen molar-refractivity contribution in [2.24, 2.45) is 5.92 Å². The van der Waals surface area contributed by atoms with Crippen LogP contribution in [0.1, 0.15) is 48.2 Å². The van der Waals surface area contributed by atoms with Crippen LogP contribution in [0.4, 0.5) is 0 Å². The molecule has 0 heterocycles. The number of hydrogen-bond donors (Lipinski definition) is 0. The number of rotatable bonds is 4. The lowest BCUT2D eigenvalue weighted by Gasteiger charge is -2.22. The molecular formula is C14H21Br. The van der Waals surface area contributed by atoms with Crippen molar-refractivity contribution in [3.8, 4) is 0 Å². The zero-order valence-electron chi connectivity index (χ0n) is 10.2. The Morgan fingerprint density at radius 2 is 1.73 bits per heavy atom. The van der Waals surface area contributed by atoms with Crippen LogP contribution in [0.25, 0.3) is 0 Å². The zero-order valence-corrected chi connectivity index (χ0v) is 11.8. The summed E-state index contributed by atoms with van der Waals surface area (Å²) in [6.07, 6.45) is 2.47. The van der Waals surface area contributed by atoms with Crippen LogP contribution in [-0.2, 0) is 0 Å². The maximum Gasteiger partial charge on any atom is 0.0426 e. The summed E-state index contributed by atoms with van der Waals surface area (Å²) in [5.41, 5.74) is 4.21. The minimum Gasteiger partial charge on any atom is -0.0836 e. The molecule has 0 aromatic heterocycles. The number of halogens is 1. The van der Waals surface area contributed by atoms with Crippen molar-refractivity contribution >= 4 is 15.9 Å². The first-order chi connectivity index (χ1) is 7.10. The number of aryl methyl sites for hydroxylation is 2. The van der Waals surface area contributed by atoms with Crippen LogP contribution in [0, 0.1) is 19.8 Å². The molecule has 0 radical (unpaired) electrons. The fraction of sp³-hybridized carbons (Fsp3) is 0.571. The van der Waals surface area contributed by atoms with Crippen LogP contribution in [0.2, 0.25) is 0 Å². The second-order valence-corrected chi connectivity index (χ2v) is 5.32. The van der Waals surface area contributed by atoms with Gasteiger partial charge in [-0.2, -0.15) is 0 Å². The Hall–Kier alpha value is -0.300. The van der Waals surface area contributed by atoms with Gasteiger partial charge in [0.05, 0.1) is 0 Å². The monoisotopic (exact) mass is 268 g/mol. The number of alkyl halides is 1. The molecule has 0 amide bonds. The first kappa shape index (κ1) is 12.8. The number of benzene rings is 1. The Balaban J connectivity index is 2.98. The van der Waals surface area contributed by atoms with E-state index in [1.807, 2.05) is 0 Å². The molecule has 1 aromatic rings. The Kier molecular flexibility index (Phi) is 4.85. The van der Waals surface area contributed by atoms with Gasteiger partial charge < -0.3 is 0 Å². The summed E-state index contributed by atoms with van der Waals surface area (Å²) in [4.78, 5) is 0.507. The minimum atomic E-state index is 0.507. The highest BCUT2D eigenvalue weighted by Gasteiger charge is 2.18. The SMILES string of the molecule is CCC(CC)C(Br)c1cc(C)ccc1C. The predicted molar refractivity (Wildman–Crippen MR) is 71.7 cm³/mol. The molecule has 84 valence electrons. The van der Waals surface area contributed by atoms with Crippen molar-refractivity contribution in [1.82, 2.24) is 0 Å². The van der Waals surface area contributed by atoms with Gasteiger partial charge in [0.1, 0.15) is 0 Å². The third-order valence-corrected chi connectivity index (χ3v) is 4.44. The van der Waals surface area contributed by atoms with E-state index in [-0.39, 0.29) is 0 Å². The van der Waals surface area contributed by atoms with Gasteiger partial charge in [-0.1, -0.05) is 66.4 Å². The molecule has 0 aliphatic heterocycles. The third kappa shape index (κ3) is 3.07. The van der Waals surface area contributed by atoms with E-state index in [0.29, 0.717) is 4.83 Å². The van der Waals surface area contributed by atoms with E-state index in [2.05, 4.69) is 61.8 Å². The molecule has 1 rings (SSSR count). The van der Waals surface area contributed by atoms with Crippen LogP contribution in [0.5, 0.6) is 0 Å².